The number of hydrogen-bond acceptors (Lipinski definition) is 1. The number of hydrogen-bond donors (Lipinski definition) is 1. The molecule has 2 nitrogen and oxygen atoms in total. The van der Waals surface area contributed by atoms with Crippen LogP contribution < -0.4 is 5.32 Å². The minimum absolute atomic E-state index is 0.267. The Morgan fingerprint density at radius 2 is 0.786 bits per heavy atom. The van der Waals surface area contributed by atoms with Crippen molar-refractivity contribution in [3.8, 4) is 0 Å². The fourth-order valence-electron chi connectivity index (χ4n) is 3.88. The molecule has 0 aliphatic carbocycles. The van der Waals surface area contributed by atoms with Crippen LogP contribution in [0.4, 0.5) is 0 Å². The largest absolute Gasteiger partial charge is 0.356 e. The lowest BCUT2D eigenvalue weighted by atomic mass is 10.0. The van der Waals surface area contributed by atoms with Gasteiger partial charge in [0.15, 0.2) is 0 Å². The Labute approximate surface area is 178 Å². The highest BCUT2D eigenvalue weighted by Gasteiger charge is 2.00. The van der Waals surface area contributed by atoms with Gasteiger partial charge in [-0.25, -0.2) is 0 Å². The van der Waals surface area contributed by atoms with E-state index >= 15 is 0 Å². The van der Waals surface area contributed by atoms with Gasteiger partial charge in [0.05, 0.1) is 0 Å². The van der Waals surface area contributed by atoms with Crippen LogP contribution in [-0.2, 0) is 4.79 Å². The van der Waals surface area contributed by atoms with Crippen LogP contribution in [0.3, 0.4) is 0 Å². The predicted octanol–water partition coefficient (Wildman–Crippen LogP) is 8.72. The third kappa shape index (κ3) is 23.5. The molecule has 1 amide bonds. The van der Waals surface area contributed by atoms with Crippen molar-refractivity contribution >= 4 is 5.91 Å². The molecule has 0 rings (SSSR count). The number of carbonyl (C=O) groups excluding carboxylic acids is 1. The number of unbranched alkanes of at least 4 members (excludes halogenated alkanes) is 19. The first kappa shape index (κ1) is 27.5. The number of carbonyl (C=O) groups is 1. The first-order valence-corrected chi connectivity index (χ1v) is 13.1. The third-order valence-electron chi connectivity index (χ3n) is 5.86. The van der Waals surface area contributed by atoms with E-state index in [-0.39, 0.29) is 5.91 Å². The maximum Gasteiger partial charge on any atom is 0.219 e. The molecule has 28 heavy (non-hydrogen) atoms. The van der Waals surface area contributed by atoms with Crippen LogP contribution in [0.1, 0.15) is 155 Å². The SMILES string of the molecule is CCCCCCCCCCCCCCCCNC(=O)CCCCCCCCC. The van der Waals surface area contributed by atoms with E-state index in [1.54, 1.807) is 0 Å². The van der Waals surface area contributed by atoms with Gasteiger partial charge in [-0.2, -0.15) is 0 Å². The van der Waals surface area contributed by atoms with Crippen molar-refractivity contribution in [3.63, 3.8) is 0 Å². The van der Waals surface area contributed by atoms with Crippen molar-refractivity contribution < 1.29 is 4.79 Å². The first-order valence-electron chi connectivity index (χ1n) is 13.1. The lowest BCUT2D eigenvalue weighted by molar-refractivity contribution is -0.121. The van der Waals surface area contributed by atoms with Gasteiger partial charge >= 0.3 is 0 Å². The zero-order valence-electron chi connectivity index (χ0n) is 19.7. The van der Waals surface area contributed by atoms with Gasteiger partial charge in [-0.05, 0) is 12.8 Å². The highest BCUT2D eigenvalue weighted by atomic mass is 16.1. The van der Waals surface area contributed by atoms with Gasteiger partial charge in [0.1, 0.15) is 0 Å². The smallest absolute Gasteiger partial charge is 0.219 e. The van der Waals surface area contributed by atoms with Gasteiger partial charge in [0.25, 0.3) is 0 Å². The zero-order valence-corrected chi connectivity index (χ0v) is 19.7. The Hall–Kier alpha value is -0.530. The summed E-state index contributed by atoms with van der Waals surface area (Å²) in [5, 5.41) is 3.10. The molecule has 0 aromatic heterocycles. The van der Waals surface area contributed by atoms with Crippen molar-refractivity contribution in [3.05, 3.63) is 0 Å². The zero-order chi connectivity index (χ0) is 20.5. The molecular weight excluding hydrogens is 342 g/mol. The Bertz CT molecular complexity index is 303. The van der Waals surface area contributed by atoms with Crippen LogP contribution in [0, 0.1) is 0 Å². The fraction of sp³-hybridized carbons (Fsp3) is 0.962. The molecule has 0 bridgehead atoms. The van der Waals surface area contributed by atoms with Gasteiger partial charge in [-0.1, -0.05) is 136 Å². The van der Waals surface area contributed by atoms with E-state index in [1.165, 1.54) is 122 Å². The Kier molecular flexibility index (Phi) is 24.0. The second-order valence-corrected chi connectivity index (χ2v) is 8.82. The van der Waals surface area contributed by atoms with E-state index in [2.05, 4.69) is 19.2 Å². The molecular formula is C26H53NO. The van der Waals surface area contributed by atoms with E-state index in [0.29, 0.717) is 0 Å². The molecule has 0 saturated heterocycles. The second-order valence-electron chi connectivity index (χ2n) is 8.82. The average molecular weight is 396 g/mol. The monoisotopic (exact) mass is 395 g/mol. The highest BCUT2D eigenvalue weighted by molar-refractivity contribution is 5.75. The molecule has 0 atom stereocenters. The van der Waals surface area contributed by atoms with Crippen LogP contribution >= 0.6 is 0 Å². The Morgan fingerprint density at radius 1 is 0.464 bits per heavy atom. The lowest BCUT2D eigenvalue weighted by Gasteiger charge is -2.06. The summed E-state index contributed by atoms with van der Waals surface area (Å²) in [5.74, 6) is 0.267. The molecule has 0 saturated carbocycles. The molecule has 0 aliphatic rings. The Balaban J connectivity index is 3.11. The summed E-state index contributed by atoms with van der Waals surface area (Å²) in [5.41, 5.74) is 0. The minimum atomic E-state index is 0.267. The van der Waals surface area contributed by atoms with Crippen LogP contribution in [0.25, 0.3) is 0 Å². The van der Waals surface area contributed by atoms with E-state index in [9.17, 15) is 4.79 Å². The molecule has 0 fully saturated rings. The van der Waals surface area contributed by atoms with Gasteiger partial charge in [-0.15, -0.1) is 0 Å². The number of nitrogens with one attached hydrogen (secondary N) is 1. The summed E-state index contributed by atoms with van der Waals surface area (Å²) in [6.45, 7) is 5.42. The highest BCUT2D eigenvalue weighted by Crippen LogP contribution is 2.13. The predicted molar refractivity (Wildman–Crippen MR) is 126 cm³/mol. The van der Waals surface area contributed by atoms with Crippen LogP contribution in [0.2, 0.25) is 0 Å². The van der Waals surface area contributed by atoms with Crippen LogP contribution in [-0.4, -0.2) is 12.5 Å². The van der Waals surface area contributed by atoms with E-state index < -0.39 is 0 Å². The standard InChI is InChI=1S/C26H53NO/c1-3-5-7-9-11-12-13-14-15-16-17-19-21-23-25-27-26(28)24-22-20-18-10-8-6-4-2/h3-25H2,1-2H3,(H,27,28). The van der Waals surface area contributed by atoms with E-state index in [0.717, 1.165) is 25.8 Å². The van der Waals surface area contributed by atoms with E-state index in [1.807, 2.05) is 0 Å². The molecule has 2 heteroatoms. The molecule has 1 N–H and O–H groups in total. The van der Waals surface area contributed by atoms with Crippen molar-refractivity contribution in [2.45, 2.75) is 155 Å². The quantitative estimate of drug-likeness (QED) is 0.172. The molecule has 0 spiro atoms. The topological polar surface area (TPSA) is 29.1 Å². The average Bonchev–Trinajstić information content (AvgIpc) is 2.70. The summed E-state index contributed by atoms with van der Waals surface area (Å²) < 4.78 is 0. The van der Waals surface area contributed by atoms with Crippen LogP contribution in [0.5, 0.6) is 0 Å². The number of rotatable bonds is 23. The van der Waals surface area contributed by atoms with Crippen molar-refractivity contribution in [1.82, 2.24) is 5.32 Å². The van der Waals surface area contributed by atoms with Crippen molar-refractivity contribution in [1.29, 1.82) is 0 Å². The lowest BCUT2D eigenvalue weighted by Crippen LogP contribution is -2.23. The summed E-state index contributed by atoms with van der Waals surface area (Å²) in [6, 6.07) is 0. The number of amides is 1. The normalized spacial score (nSPS) is 11.1. The maximum atomic E-state index is 11.8. The summed E-state index contributed by atoms with van der Waals surface area (Å²) in [7, 11) is 0. The molecule has 168 valence electrons. The molecule has 0 aromatic rings. The maximum absolute atomic E-state index is 11.8. The van der Waals surface area contributed by atoms with Crippen molar-refractivity contribution in [2.75, 3.05) is 6.54 Å². The molecule has 0 unspecified atom stereocenters. The van der Waals surface area contributed by atoms with Crippen LogP contribution in [0.15, 0.2) is 0 Å². The second kappa shape index (κ2) is 24.5. The minimum Gasteiger partial charge on any atom is -0.356 e. The van der Waals surface area contributed by atoms with Gasteiger partial charge in [-0.3, -0.25) is 4.79 Å². The summed E-state index contributed by atoms with van der Waals surface area (Å²) >= 11 is 0. The van der Waals surface area contributed by atoms with Crippen molar-refractivity contribution in [2.24, 2.45) is 0 Å². The third-order valence-corrected chi connectivity index (χ3v) is 5.86. The Morgan fingerprint density at radius 3 is 1.18 bits per heavy atom. The molecule has 0 aliphatic heterocycles. The van der Waals surface area contributed by atoms with Gasteiger partial charge in [0.2, 0.25) is 5.91 Å². The van der Waals surface area contributed by atoms with E-state index in [4.69, 9.17) is 0 Å². The van der Waals surface area contributed by atoms with Gasteiger partial charge < -0.3 is 5.32 Å². The first-order chi connectivity index (χ1) is 13.8. The molecule has 0 aromatic carbocycles. The molecule has 0 heterocycles. The summed E-state index contributed by atoms with van der Waals surface area (Å²) in [6.07, 6.45) is 29.1. The molecule has 0 radical (unpaired) electrons. The summed E-state index contributed by atoms with van der Waals surface area (Å²) in [4.78, 5) is 11.8. The fourth-order valence-corrected chi connectivity index (χ4v) is 3.88. The van der Waals surface area contributed by atoms with Gasteiger partial charge in [0, 0.05) is 13.0 Å².